The van der Waals surface area contributed by atoms with Gasteiger partial charge in [-0.3, -0.25) is 28.3 Å². The third kappa shape index (κ3) is 6.31. The number of aromatic nitrogens is 2. The SMILES string of the molecule is CC(=O)c1ccc(NC(=O)Cn2c(=O)n(CCCCC(=O)Nc3ccccc3)c(=O)c3ccccc32)cc1. The topological polar surface area (TPSA) is 119 Å². The van der Waals surface area contributed by atoms with Gasteiger partial charge in [0.1, 0.15) is 6.54 Å². The highest BCUT2D eigenvalue weighted by Gasteiger charge is 2.15. The minimum atomic E-state index is -0.593. The van der Waals surface area contributed by atoms with E-state index in [0.29, 0.717) is 40.7 Å². The molecule has 9 heteroatoms. The van der Waals surface area contributed by atoms with Gasteiger partial charge in [-0.1, -0.05) is 30.3 Å². The number of rotatable bonds is 10. The maximum absolute atomic E-state index is 13.3. The fraction of sp³-hybridized carbons (Fsp3) is 0.207. The molecule has 2 amide bonds. The molecule has 0 bridgehead atoms. The van der Waals surface area contributed by atoms with Crippen LogP contribution in [0.1, 0.15) is 36.5 Å². The summed E-state index contributed by atoms with van der Waals surface area (Å²) in [6.45, 7) is 1.28. The van der Waals surface area contributed by atoms with E-state index in [2.05, 4.69) is 10.6 Å². The number of para-hydroxylation sites is 2. The number of unbranched alkanes of at least 4 members (excludes halogenated alkanes) is 1. The molecule has 9 nitrogen and oxygen atoms in total. The van der Waals surface area contributed by atoms with Gasteiger partial charge < -0.3 is 10.6 Å². The van der Waals surface area contributed by atoms with Crippen molar-refractivity contribution < 1.29 is 14.4 Å². The number of carbonyl (C=O) groups excluding carboxylic acids is 3. The zero-order chi connectivity index (χ0) is 27.1. The van der Waals surface area contributed by atoms with Crippen molar-refractivity contribution in [3.8, 4) is 0 Å². The fourth-order valence-electron chi connectivity index (χ4n) is 4.15. The van der Waals surface area contributed by atoms with Gasteiger partial charge in [0.05, 0.1) is 10.9 Å². The Hall–Kier alpha value is -4.79. The quantitative estimate of drug-likeness (QED) is 0.247. The molecule has 0 saturated carbocycles. The number of Topliss-reactive ketones (excluding diaryl/α,β-unsaturated/α-hetero) is 1. The molecule has 0 aliphatic rings. The number of fused-ring (bicyclic) bond motifs is 1. The second-order valence-electron chi connectivity index (χ2n) is 8.90. The molecule has 0 unspecified atom stereocenters. The van der Waals surface area contributed by atoms with Crippen LogP contribution in [-0.2, 0) is 22.7 Å². The summed E-state index contributed by atoms with van der Waals surface area (Å²) in [5.74, 6) is -0.678. The normalized spacial score (nSPS) is 10.8. The molecule has 38 heavy (non-hydrogen) atoms. The summed E-state index contributed by atoms with van der Waals surface area (Å²) in [5, 5.41) is 5.86. The molecule has 1 heterocycles. The van der Waals surface area contributed by atoms with Gasteiger partial charge in [0.15, 0.2) is 5.78 Å². The van der Waals surface area contributed by atoms with Crippen molar-refractivity contribution in [3.63, 3.8) is 0 Å². The second-order valence-corrected chi connectivity index (χ2v) is 8.90. The molecule has 0 radical (unpaired) electrons. The van der Waals surface area contributed by atoms with Gasteiger partial charge in [-0.05, 0) is 68.3 Å². The summed E-state index contributed by atoms with van der Waals surface area (Å²) >= 11 is 0. The van der Waals surface area contributed by atoms with Crippen LogP contribution < -0.4 is 21.9 Å². The van der Waals surface area contributed by atoms with Crippen LogP contribution in [0.4, 0.5) is 11.4 Å². The Kier molecular flexibility index (Phi) is 8.27. The smallest absolute Gasteiger partial charge is 0.326 e. The standard InChI is InChI=1S/C29H28N4O5/c1-20(34)21-14-16-23(17-15-21)31-27(36)19-33-25-12-6-5-11-24(25)28(37)32(29(33)38)18-8-7-13-26(35)30-22-9-3-2-4-10-22/h2-6,9-12,14-17H,7-8,13,18-19H2,1H3,(H,30,35)(H,31,36). The van der Waals surface area contributed by atoms with Crippen molar-refractivity contribution in [2.45, 2.75) is 39.3 Å². The van der Waals surface area contributed by atoms with Crippen molar-refractivity contribution in [2.24, 2.45) is 0 Å². The molecule has 1 aromatic heterocycles. The van der Waals surface area contributed by atoms with Crippen molar-refractivity contribution >= 4 is 39.9 Å². The zero-order valence-electron chi connectivity index (χ0n) is 21.0. The van der Waals surface area contributed by atoms with Gasteiger partial charge in [-0.15, -0.1) is 0 Å². The predicted octanol–water partition coefficient (Wildman–Crippen LogP) is 3.81. The lowest BCUT2D eigenvalue weighted by atomic mass is 10.1. The first kappa shape index (κ1) is 26.3. The highest BCUT2D eigenvalue weighted by atomic mass is 16.2. The minimum absolute atomic E-state index is 0.0834. The van der Waals surface area contributed by atoms with E-state index in [1.54, 1.807) is 60.7 Å². The lowest BCUT2D eigenvalue weighted by Crippen LogP contribution is -2.41. The van der Waals surface area contributed by atoms with E-state index in [4.69, 9.17) is 0 Å². The van der Waals surface area contributed by atoms with E-state index < -0.39 is 17.2 Å². The Morgan fingerprint density at radius 2 is 1.34 bits per heavy atom. The van der Waals surface area contributed by atoms with Crippen LogP contribution in [0.15, 0.2) is 88.5 Å². The Bertz CT molecular complexity index is 1590. The average molecular weight is 513 g/mol. The van der Waals surface area contributed by atoms with E-state index in [1.807, 2.05) is 18.2 Å². The van der Waals surface area contributed by atoms with E-state index in [0.717, 1.165) is 4.57 Å². The third-order valence-corrected chi connectivity index (χ3v) is 6.10. The average Bonchev–Trinajstić information content (AvgIpc) is 2.91. The number of amides is 2. The summed E-state index contributed by atoms with van der Waals surface area (Å²) in [4.78, 5) is 62.9. The maximum atomic E-state index is 13.3. The lowest BCUT2D eigenvalue weighted by Gasteiger charge is -2.14. The van der Waals surface area contributed by atoms with Crippen LogP contribution in [0.25, 0.3) is 10.9 Å². The molecule has 2 N–H and O–H groups in total. The molecule has 0 aliphatic carbocycles. The van der Waals surface area contributed by atoms with Gasteiger partial charge in [0, 0.05) is 29.9 Å². The van der Waals surface area contributed by atoms with Gasteiger partial charge in [0.25, 0.3) is 5.56 Å². The summed E-state index contributed by atoms with van der Waals surface area (Å²) in [7, 11) is 0. The van der Waals surface area contributed by atoms with Crippen LogP contribution in [0.3, 0.4) is 0 Å². The Morgan fingerprint density at radius 3 is 2.05 bits per heavy atom. The second kappa shape index (κ2) is 12.0. The van der Waals surface area contributed by atoms with Gasteiger partial charge in [0.2, 0.25) is 11.8 Å². The van der Waals surface area contributed by atoms with Gasteiger partial charge >= 0.3 is 5.69 Å². The van der Waals surface area contributed by atoms with Gasteiger partial charge in [-0.2, -0.15) is 0 Å². The van der Waals surface area contributed by atoms with Crippen molar-refractivity contribution in [1.29, 1.82) is 0 Å². The largest absolute Gasteiger partial charge is 0.331 e. The van der Waals surface area contributed by atoms with Crippen LogP contribution in [-0.4, -0.2) is 26.7 Å². The molecule has 0 saturated heterocycles. The number of hydrogen-bond donors (Lipinski definition) is 2. The molecule has 0 fully saturated rings. The first-order valence-corrected chi connectivity index (χ1v) is 12.3. The number of anilines is 2. The number of ketones is 1. The summed E-state index contributed by atoms with van der Waals surface area (Å²) in [6, 6.07) is 22.2. The predicted molar refractivity (Wildman–Crippen MR) is 146 cm³/mol. The number of benzene rings is 3. The molecule has 0 aliphatic heterocycles. The van der Waals surface area contributed by atoms with Gasteiger partial charge in [-0.25, -0.2) is 4.79 Å². The molecule has 0 atom stereocenters. The van der Waals surface area contributed by atoms with E-state index in [9.17, 15) is 24.0 Å². The van der Waals surface area contributed by atoms with E-state index >= 15 is 0 Å². The summed E-state index contributed by atoms with van der Waals surface area (Å²) in [6.07, 6.45) is 1.16. The first-order valence-electron chi connectivity index (χ1n) is 12.3. The highest BCUT2D eigenvalue weighted by molar-refractivity contribution is 5.96. The van der Waals surface area contributed by atoms with Crippen molar-refractivity contribution in [1.82, 2.24) is 9.13 Å². The molecule has 0 spiro atoms. The van der Waals surface area contributed by atoms with Crippen molar-refractivity contribution in [3.05, 3.63) is 105 Å². The molecule has 4 aromatic rings. The molecule has 194 valence electrons. The van der Waals surface area contributed by atoms with Crippen molar-refractivity contribution in [2.75, 3.05) is 10.6 Å². The first-order chi connectivity index (χ1) is 18.3. The Balaban J connectivity index is 1.47. The van der Waals surface area contributed by atoms with Crippen LogP contribution in [0, 0.1) is 0 Å². The maximum Gasteiger partial charge on any atom is 0.331 e. The van der Waals surface area contributed by atoms with Crippen LogP contribution >= 0.6 is 0 Å². The monoisotopic (exact) mass is 512 g/mol. The number of nitrogens with zero attached hydrogens (tertiary/aromatic N) is 2. The highest BCUT2D eigenvalue weighted by Crippen LogP contribution is 2.12. The molecule has 3 aromatic carbocycles. The summed E-state index contributed by atoms with van der Waals surface area (Å²) < 4.78 is 2.39. The van der Waals surface area contributed by atoms with E-state index in [-0.39, 0.29) is 31.2 Å². The fourth-order valence-corrected chi connectivity index (χ4v) is 4.15. The lowest BCUT2D eigenvalue weighted by molar-refractivity contribution is -0.117. The molecular weight excluding hydrogens is 484 g/mol. The number of hydrogen-bond acceptors (Lipinski definition) is 5. The van der Waals surface area contributed by atoms with Crippen LogP contribution in [0.2, 0.25) is 0 Å². The molecule has 4 rings (SSSR count). The summed E-state index contributed by atoms with van der Waals surface area (Å²) in [5.41, 5.74) is 1.05. The zero-order valence-corrected chi connectivity index (χ0v) is 21.0. The number of nitrogens with one attached hydrogen (secondary N) is 2. The molecular formula is C29H28N4O5. The number of carbonyl (C=O) groups is 3. The minimum Gasteiger partial charge on any atom is -0.326 e. The third-order valence-electron chi connectivity index (χ3n) is 6.10. The Morgan fingerprint density at radius 1 is 0.711 bits per heavy atom. The Labute approximate surface area is 218 Å². The van der Waals surface area contributed by atoms with Crippen LogP contribution in [0.5, 0.6) is 0 Å². The van der Waals surface area contributed by atoms with E-state index in [1.165, 1.54) is 11.5 Å².